The van der Waals surface area contributed by atoms with Crippen molar-refractivity contribution in [1.29, 1.82) is 0 Å². The maximum absolute atomic E-state index is 12.0. The van der Waals surface area contributed by atoms with E-state index in [1.165, 1.54) is 19.3 Å². The molecule has 1 atom stereocenters. The lowest BCUT2D eigenvalue weighted by molar-refractivity contribution is -0.132. The number of amides is 1. The molecular formula is C13H24BrNO. The van der Waals surface area contributed by atoms with Gasteiger partial charge in [-0.25, -0.2) is 0 Å². The van der Waals surface area contributed by atoms with E-state index in [0.717, 1.165) is 31.3 Å². The van der Waals surface area contributed by atoms with Gasteiger partial charge in [-0.15, -0.1) is 0 Å². The topological polar surface area (TPSA) is 20.3 Å². The fourth-order valence-corrected chi connectivity index (χ4v) is 3.08. The Morgan fingerprint density at radius 3 is 2.56 bits per heavy atom. The van der Waals surface area contributed by atoms with Crippen LogP contribution in [0.2, 0.25) is 0 Å². The number of likely N-dealkylation sites (tertiary alicyclic amines) is 1. The monoisotopic (exact) mass is 289 g/mol. The van der Waals surface area contributed by atoms with Crippen LogP contribution in [0.15, 0.2) is 0 Å². The van der Waals surface area contributed by atoms with Crippen molar-refractivity contribution >= 4 is 21.8 Å². The fraction of sp³-hybridized carbons (Fsp3) is 0.923. The molecule has 0 aliphatic carbocycles. The Labute approximate surface area is 108 Å². The van der Waals surface area contributed by atoms with Gasteiger partial charge in [-0.2, -0.15) is 0 Å². The molecule has 0 spiro atoms. The zero-order valence-electron chi connectivity index (χ0n) is 10.5. The van der Waals surface area contributed by atoms with Gasteiger partial charge in [0.15, 0.2) is 0 Å². The molecule has 1 saturated heterocycles. The van der Waals surface area contributed by atoms with Crippen LogP contribution in [0, 0.1) is 11.8 Å². The molecule has 0 aromatic rings. The van der Waals surface area contributed by atoms with Gasteiger partial charge in [-0.1, -0.05) is 42.6 Å². The summed E-state index contributed by atoms with van der Waals surface area (Å²) in [6.45, 7) is 6.37. The van der Waals surface area contributed by atoms with Crippen molar-refractivity contribution in [1.82, 2.24) is 4.90 Å². The minimum Gasteiger partial charge on any atom is -0.342 e. The predicted octanol–water partition coefficient (Wildman–Crippen LogP) is 3.45. The molecule has 1 rings (SSSR count). The van der Waals surface area contributed by atoms with Crippen LogP contribution in [0.5, 0.6) is 0 Å². The van der Waals surface area contributed by atoms with Gasteiger partial charge in [0.2, 0.25) is 5.91 Å². The van der Waals surface area contributed by atoms with Crippen molar-refractivity contribution in [3.05, 3.63) is 0 Å². The molecule has 1 aliphatic heterocycles. The highest BCUT2D eigenvalue weighted by molar-refractivity contribution is 9.09. The van der Waals surface area contributed by atoms with E-state index in [9.17, 15) is 4.79 Å². The van der Waals surface area contributed by atoms with E-state index in [0.29, 0.717) is 17.7 Å². The van der Waals surface area contributed by atoms with Crippen LogP contribution in [0.25, 0.3) is 0 Å². The number of hydrogen-bond donors (Lipinski definition) is 0. The second-order valence-electron chi connectivity index (χ2n) is 5.16. The van der Waals surface area contributed by atoms with E-state index in [1.807, 2.05) is 0 Å². The number of nitrogens with zero attached hydrogens (tertiary/aromatic N) is 1. The Morgan fingerprint density at radius 1 is 1.25 bits per heavy atom. The van der Waals surface area contributed by atoms with Crippen LogP contribution in [0.1, 0.15) is 46.0 Å². The second kappa shape index (κ2) is 7.31. The average Bonchev–Trinajstić information content (AvgIpc) is 2.23. The summed E-state index contributed by atoms with van der Waals surface area (Å²) in [4.78, 5) is 14.0. The molecule has 0 aromatic heterocycles. The number of hydrogen-bond acceptors (Lipinski definition) is 1. The largest absolute Gasteiger partial charge is 0.342 e. The molecule has 0 N–H and O–H groups in total. The summed E-state index contributed by atoms with van der Waals surface area (Å²) in [7, 11) is 0. The first-order valence-corrected chi connectivity index (χ1v) is 7.61. The molecule has 0 bridgehead atoms. The van der Waals surface area contributed by atoms with Gasteiger partial charge >= 0.3 is 0 Å². The molecule has 1 heterocycles. The molecule has 1 aliphatic rings. The molecule has 0 radical (unpaired) electrons. The Balaban J connectivity index is 2.50. The first-order valence-electron chi connectivity index (χ1n) is 6.49. The SMILES string of the molecule is CC(C)C(CBr)CN1CCCCCCC1=O. The average molecular weight is 290 g/mol. The van der Waals surface area contributed by atoms with Crippen molar-refractivity contribution in [3.63, 3.8) is 0 Å². The first kappa shape index (κ1) is 14.0. The molecule has 94 valence electrons. The van der Waals surface area contributed by atoms with Crippen molar-refractivity contribution in [2.75, 3.05) is 18.4 Å². The Kier molecular flexibility index (Phi) is 6.40. The minimum absolute atomic E-state index is 0.367. The quantitative estimate of drug-likeness (QED) is 0.726. The summed E-state index contributed by atoms with van der Waals surface area (Å²) in [5.74, 6) is 1.59. The summed E-state index contributed by atoms with van der Waals surface area (Å²) >= 11 is 3.56. The van der Waals surface area contributed by atoms with Gasteiger partial charge in [0, 0.05) is 24.8 Å². The highest BCUT2D eigenvalue weighted by Gasteiger charge is 2.21. The third-order valence-corrected chi connectivity index (χ3v) is 4.35. The van der Waals surface area contributed by atoms with Crippen LogP contribution >= 0.6 is 15.9 Å². The van der Waals surface area contributed by atoms with Gasteiger partial charge in [0.1, 0.15) is 0 Å². The van der Waals surface area contributed by atoms with Gasteiger partial charge in [-0.3, -0.25) is 4.79 Å². The molecule has 1 unspecified atom stereocenters. The number of halogens is 1. The van der Waals surface area contributed by atoms with Crippen molar-refractivity contribution in [3.8, 4) is 0 Å². The Hall–Kier alpha value is -0.0500. The lowest BCUT2D eigenvalue weighted by Gasteiger charge is -2.30. The third-order valence-electron chi connectivity index (χ3n) is 3.52. The van der Waals surface area contributed by atoms with Gasteiger partial charge in [0.25, 0.3) is 0 Å². The van der Waals surface area contributed by atoms with Crippen LogP contribution in [0.4, 0.5) is 0 Å². The lowest BCUT2D eigenvalue weighted by atomic mass is 9.96. The normalized spacial score (nSPS) is 20.8. The van der Waals surface area contributed by atoms with E-state index in [4.69, 9.17) is 0 Å². The lowest BCUT2D eigenvalue weighted by Crippen LogP contribution is -2.38. The van der Waals surface area contributed by atoms with Crippen LogP contribution in [0.3, 0.4) is 0 Å². The summed E-state index contributed by atoms with van der Waals surface area (Å²) < 4.78 is 0. The fourth-order valence-electron chi connectivity index (χ4n) is 2.13. The van der Waals surface area contributed by atoms with Crippen molar-refractivity contribution in [2.24, 2.45) is 11.8 Å². The molecule has 1 amide bonds. The molecule has 0 aromatic carbocycles. The third kappa shape index (κ3) is 4.44. The van der Waals surface area contributed by atoms with E-state index >= 15 is 0 Å². The summed E-state index contributed by atoms with van der Waals surface area (Å²) in [5, 5.41) is 0.994. The van der Waals surface area contributed by atoms with E-state index in [2.05, 4.69) is 34.7 Å². The number of carbonyl (C=O) groups excluding carboxylic acids is 1. The van der Waals surface area contributed by atoms with Crippen molar-refractivity contribution in [2.45, 2.75) is 46.0 Å². The van der Waals surface area contributed by atoms with Crippen LogP contribution in [-0.2, 0) is 4.79 Å². The molecule has 16 heavy (non-hydrogen) atoms. The Bertz CT molecular complexity index is 218. The van der Waals surface area contributed by atoms with E-state index in [-0.39, 0.29) is 0 Å². The smallest absolute Gasteiger partial charge is 0.222 e. The molecule has 1 fully saturated rings. The highest BCUT2D eigenvalue weighted by atomic mass is 79.9. The second-order valence-corrected chi connectivity index (χ2v) is 5.81. The highest BCUT2D eigenvalue weighted by Crippen LogP contribution is 2.18. The molecule has 0 saturated carbocycles. The van der Waals surface area contributed by atoms with E-state index < -0.39 is 0 Å². The van der Waals surface area contributed by atoms with Crippen LogP contribution < -0.4 is 0 Å². The Morgan fingerprint density at radius 2 is 1.94 bits per heavy atom. The van der Waals surface area contributed by atoms with Gasteiger partial charge in [-0.05, 0) is 24.7 Å². The minimum atomic E-state index is 0.367. The standard InChI is InChI=1S/C13H24BrNO/c1-11(2)12(9-14)10-15-8-6-4-3-5-7-13(15)16/h11-12H,3-10H2,1-2H3. The van der Waals surface area contributed by atoms with E-state index in [1.54, 1.807) is 0 Å². The van der Waals surface area contributed by atoms with Crippen molar-refractivity contribution < 1.29 is 4.79 Å². The number of carbonyl (C=O) groups is 1. The van der Waals surface area contributed by atoms with Gasteiger partial charge in [0.05, 0.1) is 0 Å². The summed E-state index contributed by atoms with van der Waals surface area (Å²) in [5.41, 5.74) is 0. The maximum atomic E-state index is 12.0. The number of rotatable bonds is 4. The zero-order chi connectivity index (χ0) is 12.0. The molecule has 2 nitrogen and oxygen atoms in total. The first-order chi connectivity index (χ1) is 7.65. The predicted molar refractivity (Wildman–Crippen MR) is 71.8 cm³/mol. The van der Waals surface area contributed by atoms with Gasteiger partial charge < -0.3 is 4.90 Å². The summed E-state index contributed by atoms with van der Waals surface area (Å²) in [6.07, 6.45) is 5.53. The molecular weight excluding hydrogens is 266 g/mol. The maximum Gasteiger partial charge on any atom is 0.222 e. The number of alkyl halides is 1. The molecule has 3 heteroatoms. The summed E-state index contributed by atoms with van der Waals surface area (Å²) in [6, 6.07) is 0. The van der Waals surface area contributed by atoms with Crippen LogP contribution in [-0.4, -0.2) is 29.2 Å². The zero-order valence-corrected chi connectivity index (χ0v) is 12.1.